The standard InChI is InChI=1S/C31H34O2Si/c1-26(23-33-24-28-16-8-3-9-17-28)25-34(29-18-10-4-11-19-29,30-20-12-5-13-21-30)31(32)22-27-14-6-2-7-15-27/h2-21,26,31-32H,22-25H2,1H3/t26-,31?/m1/s1. The van der Waals surface area contributed by atoms with Crippen LogP contribution in [0.3, 0.4) is 0 Å². The van der Waals surface area contributed by atoms with Crippen LogP contribution in [0.4, 0.5) is 0 Å². The van der Waals surface area contributed by atoms with Crippen LogP contribution >= 0.6 is 0 Å². The molecule has 0 amide bonds. The molecule has 4 aromatic rings. The molecule has 0 aliphatic heterocycles. The molecule has 0 saturated heterocycles. The second kappa shape index (κ2) is 11.9. The first-order chi connectivity index (χ1) is 16.7. The van der Waals surface area contributed by atoms with E-state index in [9.17, 15) is 5.11 Å². The summed E-state index contributed by atoms with van der Waals surface area (Å²) in [5.41, 5.74) is 1.91. The lowest BCUT2D eigenvalue weighted by Gasteiger charge is -2.39. The second-order valence-corrected chi connectivity index (χ2v) is 13.4. The molecule has 0 spiro atoms. The minimum Gasteiger partial charge on any atom is -0.395 e. The van der Waals surface area contributed by atoms with Crippen molar-refractivity contribution in [1.82, 2.24) is 0 Å². The maximum absolute atomic E-state index is 12.0. The van der Waals surface area contributed by atoms with Crippen LogP contribution in [0.25, 0.3) is 0 Å². The highest BCUT2D eigenvalue weighted by Gasteiger charge is 2.45. The zero-order valence-corrected chi connectivity index (χ0v) is 20.9. The summed E-state index contributed by atoms with van der Waals surface area (Å²) in [6.45, 7) is 3.54. The molecular weight excluding hydrogens is 432 g/mol. The van der Waals surface area contributed by atoms with E-state index < -0.39 is 13.8 Å². The van der Waals surface area contributed by atoms with Crippen LogP contribution < -0.4 is 10.4 Å². The van der Waals surface area contributed by atoms with Gasteiger partial charge in [0.05, 0.1) is 12.3 Å². The fraction of sp³-hybridized carbons (Fsp3) is 0.226. The van der Waals surface area contributed by atoms with Crippen molar-refractivity contribution in [2.24, 2.45) is 5.92 Å². The van der Waals surface area contributed by atoms with E-state index >= 15 is 0 Å². The van der Waals surface area contributed by atoms with Gasteiger partial charge in [0.25, 0.3) is 0 Å². The molecule has 174 valence electrons. The molecule has 4 aromatic carbocycles. The molecule has 0 bridgehead atoms. The zero-order valence-electron chi connectivity index (χ0n) is 19.9. The fourth-order valence-electron chi connectivity index (χ4n) is 4.97. The third kappa shape index (κ3) is 5.92. The summed E-state index contributed by atoms with van der Waals surface area (Å²) in [5.74, 6) is 0.307. The van der Waals surface area contributed by atoms with E-state index in [1.54, 1.807) is 0 Å². The Kier molecular flexibility index (Phi) is 8.48. The maximum atomic E-state index is 12.0. The molecule has 1 unspecified atom stereocenters. The van der Waals surface area contributed by atoms with Crippen LogP contribution in [0.15, 0.2) is 121 Å². The summed E-state index contributed by atoms with van der Waals surface area (Å²) in [4.78, 5) is 0. The van der Waals surface area contributed by atoms with Crippen molar-refractivity contribution >= 4 is 18.4 Å². The normalized spacial score (nSPS) is 13.4. The van der Waals surface area contributed by atoms with Crippen molar-refractivity contribution in [3.05, 3.63) is 132 Å². The molecule has 0 heterocycles. The van der Waals surface area contributed by atoms with Crippen molar-refractivity contribution in [1.29, 1.82) is 0 Å². The van der Waals surface area contributed by atoms with Crippen molar-refractivity contribution in [2.75, 3.05) is 6.61 Å². The molecule has 0 saturated carbocycles. The third-order valence-corrected chi connectivity index (χ3v) is 12.0. The Balaban J connectivity index is 1.64. The SMILES string of the molecule is C[C@H](COCc1ccccc1)C[Si](c1ccccc1)(c1ccccc1)C(O)Cc1ccccc1. The van der Waals surface area contributed by atoms with Gasteiger partial charge in [-0.3, -0.25) is 0 Å². The Labute approximate surface area is 204 Å². The van der Waals surface area contributed by atoms with E-state index in [0.717, 1.165) is 6.04 Å². The molecular formula is C31H34O2Si. The molecule has 0 fully saturated rings. The molecule has 0 aromatic heterocycles. The van der Waals surface area contributed by atoms with Gasteiger partial charge in [0.2, 0.25) is 0 Å². The van der Waals surface area contributed by atoms with E-state index in [-0.39, 0.29) is 0 Å². The lowest BCUT2D eigenvalue weighted by molar-refractivity contribution is 0.0962. The van der Waals surface area contributed by atoms with Crippen LogP contribution in [0.1, 0.15) is 18.1 Å². The van der Waals surface area contributed by atoms with Gasteiger partial charge in [0, 0.05) is 6.61 Å². The number of benzene rings is 4. The predicted molar refractivity (Wildman–Crippen MR) is 144 cm³/mol. The fourth-order valence-corrected chi connectivity index (χ4v) is 10.2. The van der Waals surface area contributed by atoms with Crippen molar-refractivity contribution in [2.45, 2.75) is 31.7 Å². The quantitative estimate of drug-likeness (QED) is 0.306. The molecule has 0 aliphatic rings. The van der Waals surface area contributed by atoms with E-state index in [2.05, 4.69) is 104 Å². The van der Waals surface area contributed by atoms with Gasteiger partial charge in [-0.15, -0.1) is 0 Å². The van der Waals surface area contributed by atoms with Crippen LogP contribution in [0, 0.1) is 5.92 Å². The first kappa shape index (κ1) is 24.2. The number of aliphatic hydroxyl groups is 1. The summed E-state index contributed by atoms with van der Waals surface area (Å²) in [6.07, 6.45) is 0.647. The Bertz CT molecular complexity index is 1060. The van der Waals surface area contributed by atoms with Gasteiger partial charge in [0.1, 0.15) is 8.07 Å². The number of ether oxygens (including phenoxy) is 1. The smallest absolute Gasteiger partial charge is 0.149 e. The second-order valence-electron chi connectivity index (χ2n) is 9.22. The summed E-state index contributed by atoms with van der Waals surface area (Å²) >= 11 is 0. The van der Waals surface area contributed by atoms with Crippen LogP contribution in [-0.2, 0) is 17.8 Å². The lowest BCUT2D eigenvalue weighted by Crippen LogP contribution is -2.68. The number of hydrogen-bond donors (Lipinski definition) is 1. The monoisotopic (exact) mass is 466 g/mol. The van der Waals surface area contributed by atoms with Crippen molar-refractivity contribution in [3.63, 3.8) is 0 Å². The third-order valence-electron chi connectivity index (χ3n) is 6.60. The molecule has 3 heteroatoms. The van der Waals surface area contributed by atoms with E-state index in [0.29, 0.717) is 25.6 Å². The molecule has 1 N–H and O–H groups in total. The van der Waals surface area contributed by atoms with Crippen molar-refractivity contribution < 1.29 is 9.84 Å². The first-order valence-corrected chi connectivity index (χ1v) is 14.4. The molecule has 2 nitrogen and oxygen atoms in total. The Morgan fingerprint density at radius 3 is 1.59 bits per heavy atom. The van der Waals surface area contributed by atoms with Gasteiger partial charge in [-0.25, -0.2) is 0 Å². The number of aliphatic hydroxyl groups excluding tert-OH is 1. The highest BCUT2D eigenvalue weighted by molar-refractivity contribution is 7.03. The van der Waals surface area contributed by atoms with Crippen LogP contribution in [0.2, 0.25) is 6.04 Å². The van der Waals surface area contributed by atoms with Gasteiger partial charge >= 0.3 is 0 Å². The van der Waals surface area contributed by atoms with E-state index in [4.69, 9.17) is 4.74 Å². The average Bonchev–Trinajstić information content (AvgIpc) is 2.89. The van der Waals surface area contributed by atoms with Gasteiger partial charge in [-0.05, 0) is 29.5 Å². The van der Waals surface area contributed by atoms with Gasteiger partial charge in [-0.1, -0.05) is 139 Å². The maximum Gasteiger partial charge on any atom is 0.149 e. The Hall–Kier alpha value is -2.98. The highest BCUT2D eigenvalue weighted by Crippen LogP contribution is 2.25. The first-order valence-electron chi connectivity index (χ1n) is 12.1. The van der Waals surface area contributed by atoms with Gasteiger partial charge in [0.15, 0.2) is 0 Å². The largest absolute Gasteiger partial charge is 0.395 e. The summed E-state index contributed by atoms with van der Waals surface area (Å²) in [7, 11) is -2.55. The summed E-state index contributed by atoms with van der Waals surface area (Å²) in [6, 6.07) is 43.0. The van der Waals surface area contributed by atoms with Crippen molar-refractivity contribution in [3.8, 4) is 0 Å². The van der Waals surface area contributed by atoms with E-state index in [1.165, 1.54) is 21.5 Å². The minimum absolute atomic E-state index is 0.307. The molecule has 0 radical (unpaired) electrons. The Morgan fingerprint density at radius 1 is 0.647 bits per heavy atom. The summed E-state index contributed by atoms with van der Waals surface area (Å²) in [5, 5.41) is 14.5. The minimum atomic E-state index is -2.55. The van der Waals surface area contributed by atoms with E-state index in [1.807, 2.05) is 24.3 Å². The van der Waals surface area contributed by atoms with Crippen LogP contribution in [0.5, 0.6) is 0 Å². The number of hydrogen-bond acceptors (Lipinski definition) is 2. The van der Waals surface area contributed by atoms with Gasteiger partial charge in [-0.2, -0.15) is 0 Å². The predicted octanol–water partition coefficient (Wildman–Crippen LogP) is 5.25. The highest BCUT2D eigenvalue weighted by atomic mass is 28.3. The molecule has 0 aliphatic carbocycles. The van der Waals surface area contributed by atoms with Crippen LogP contribution in [-0.4, -0.2) is 25.5 Å². The lowest BCUT2D eigenvalue weighted by atomic mass is 10.2. The number of rotatable bonds is 11. The average molecular weight is 467 g/mol. The Morgan fingerprint density at radius 2 is 1.09 bits per heavy atom. The molecule has 2 atom stereocenters. The summed E-state index contributed by atoms with van der Waals surface area (Å²) < 4.78 is 6.14. The topological polar surface area (TPSA) is 29.5 Å². The molecule has 34 heavy (non-hydrogen) atoms. The van der Waals surface area contributed by atoms with Gasteiger partial charge < -0.3 is 9.84 Å². The zero-order chi connectivity index (χ0) is 23.6. The molecule has 4 rings (SSSR count).